The third-order valence-electron chi connectivity index (χ3n) is 2.86. The van der Waals surface area contributed by atoms with Gasteiger partial charge >= 0.3 is 0 Å². The monoisotopic (exact) mass is 275 g/mol. The predicted molar refractivity (Wildman–Crippen MR) is 67.2 cm³/mol. The lowest BCUT2D eigenvalue weighted by Crippen LogP contribution is -2.38. The van der Waals surface area contributed by atoms with Crippen molar-refractivity contribution in [3.8, 4) is 0 Å². The molecule has 0 spiro atoms. The van der Waals surface area contributed by atoms with Crippen LogP contribution >= 0.6 is 0 Å². The third kappa shape index (κ3) is 3.51. The van der Waals surface area contributed by atoms with E-state index in [9.17, 15) is 12.8 Å². The van der Waals surface area contributed by atoms with Gasteiger partial charge in [-0.1, -0.05) is 13.0 Å². The van der Waals surface area contributed by atoms with Crippen molar-refractivity contribution in [3.63, 3.8) is 0 Å². The van der Waals surface area contributed by atoms with E-state index in [1.165, 1.54) is 18.2 Å². The van der Waals surface area contributed by atoms with Gasteiger partial charge in [0, 0.05) is 12.6 Å². The Morgan fingerprint density at radius 2 is 2.00 bits per heavy atom. The second kappa shape index (κ2) is 5.77. The van der Waals surface area contributed by atoms with Crippen LogP contribution in [0.4, 0.5) is 4.39 Å². The fourth-order valence-electron chi connectivity index (χ4n) is 1.41. The number of hydrogen-bond acceptors (Lipinski definition) is 3. The number of aliphatic hydroxyl groups is 1. The minimum Gasteiger partial charge on any atom is -0.396 e. The van der Waals surface area contributed by atoms with Crippen LogP contribution in [0.15, 0.2) is 23.1 Å². The van der Waals surface area contributed by atoms with Crippen LogP contribution in [0.1, 0.15) is 19.4 Å². The molecule has 0 saturated carbocycles. The molecule has 6 heteroatoms. The molecule has 4 nitrogen and oxygen atoms in total. The zero-order chi connectivity index (χ0) is 13.9. The van der Waals surface area contributed by atoms with E-state index < -0.39 is 21.9 Å². The van der Waals surface area contributed by atoms with Gasteiger partial charge in [-0.15, -0.1) is 0 Å². The fraction of sp³-hybridized carbons (Fsp3) is 0.500. The largest absolute Gasteiger partial charge is 0.396 e. The van der Waals surface area contributed by atoms with Gasteiger partial charge in [0.25, 0.3) is 0 Å². The lowest BCUT2D eigenvalue weighted by molar-refractivity contribution is 0.216. The molecule has 0 aliphatic rings. The van der Waals surface area contributed by atoms with Gasteiger partial charge in [-0.3, -0.25) is 0 Å². The Hall–Kier alpha value is -0.980. The highest BCUT2D eigenvalue weighted by Gasteiger charge is 2.23. The molecule has 2 N–H and O–H groups in total. The molecule has 18 heavy (non-hydrogen) atoms. The Balaban J connectivity index is 3.00. The molecule has 1 aromatic rings. The normalized spacial score (nSPS) is 15.4. The van der Waals surface area contributed by atoms with E-state index in [1.54, 1.807) is 20.8 Å². The van der Waals surface area contributed by atoms with Crippen LogP contribution in [0, 0.1) is 18.7 Å². The number of halogens is 1. The second-order valence-electron chi connectivity index (χ2n) is 4.50. The molecule has 2 unspecified atom stereocenters. The summed E-state index contributed by atoms with van der Waals surface area (Å²) in [5.41, 5.74) is 0.656. The Kier molecular flexibility index (Phi) is 4.84. The van der Waals surface area contributed by atoms with Crippen LogP contribution in [0.25, 0.3) is 0 Å². The number of aryl methyl sites for hydroxylation is 1. The number of nitrogens with one attached hydrogen (secondary N) is 1. The summed E-state index contributed by atoms with van der Waals surface area (Å²) < 4.78 is 39.9. The van der Waals surface area contributed by atoms with Crippen molar-refractivity contribution in [1.82, 2.24) is 4.72 Å². The zero-order valence-electron chi connectivity index (χ0n) is 10.6. The van der Waals surface area contributed by atoms with Gasteiger partial charge in [0.2, 0.25) is 10.0 Å². The maximum Gasteiger partial charge on any atom is 0.243 e. The van der Waals surface area contributed by atoms with Crippen molar-refractivity contribution in [2.75, 3.05) is 6.61 Å². The zero-order valence-corrected chi connectivity index (χ0v) is 11.5. The van der Waals surface area contributed by atoms with Crippen LogP contribution < -0.4 is 4.72 Å². The summed E-state index contributed by atoms with van der Waals surface area (Å²) in [6.07, 6.45) is 0. The molecular formula is C12H18FNO3S. The molecule has 0 amide bonds. The van der Waals surface area contributed by atoms with E-state index >= 15 is 0 Å². The van der Waals surface area contributed by atoms with Gasteiger partial charge in [-0.05, 0) is 37.5 Å². The Bertz CT molecular complexity index is 516. The first-order valence-electron chi connectivity index (χ1n) is 5.67. The minimum absolute atomic E-state index is 0.139. The van der Waals surface area contributed by atoms with Crippen LogP contribution in [-0.2, 0) is 10.0 Å². The number of rotatable bonds is 5. The summed E-state index contributed by atoms with van der Waals surface area (Å²) in [6.45, 7) is 4.88. The highest BCUT2D eigenvalue weighted by molar-refractivity contribution is 7.89. The van der Waals surface area contributed by atoms with E-state index in [1.807, 2.05) is 0 Å². The summed E-state index contributed by atoms with van der Waals surface area (Å²) in [4.78, 5) is -0.370. The molecular weight excluding hydrogens is 257 g/mol. The van der Waals surface area contributed by atoms with Crippen molar-refractivity contribution >= 4 is 10.0 Å². The van der Waals surface area contributed by atoms with Crippen molar-refractivity contribution in [3.05, 3.63) is 29.6 Å². The van der Waals surface area contributed by atoms with Crippen molar-refractivity contribution < 1.29 is 17.9 Å². The number of sulfonamides is 1. The molecule has 0 aliphatic heterocycles. The van der Waals surface area contributed by atoms with Crippen LogP contribution in [-0.4, -0.2) is 26.2 Å². The first-order chi connectivity index (χ1) is 8.27. The lowest BCUT2D eigenvalue weighted by atomic mass is 10.1. The Morgan fingerprint density at radius 3 is 2.50 bits per heavy atom. The third-order valence-corrected chi connectivity index (χ3v) is 4.45. The molecule has 0 fully saturated rings. The second-order valence-corrected chi connectivity index (χ2v) is 6.19. The fourth-order valence-corrected chi connectivity index (χ4v) is 2.82. The highest BCUT2D eigenvalue weighted by Crippen LogP contribution is 2.17. The van der Waals surface area contributed by atoms with Gasteiger partial charge in [0.15, 0.2) is 0 Å². The van der Waals surface area contributed by atoms with Gasteiger partial charge in [0.05, 0.1) is 0 Å². The molecule has 0 heterocycles. The molecule has 102 valence electrons. The summed E-state index contributed by atoms with van der Waals surface area (Å²) >= 11 is 0. The van der Waals surface area contributed by atoms with E-state index in [-0.39, 0.29) is 17.4 Å². The summed E-state index contributed by atoms with van der Waals surface area (Å²) in [7, 11) is -3.90. The molecule has 0 aliphatic carbocycles. The van der Waals surface area contributed by atoms with Crippen LogP contribution in [0.2, 0.25) is 0 Å². The molecule has 0 aromatic heterocycles. The number of hydrogen-bond donors (Lipinski definition) is 2. The summed E-state index contributed by atoms with van der Waals surface area (Å²) in [5.74, 6) is -1.01. The van der Waals surface area contributed by atoms with Gasteiger partial charge in [-0.2, -0.15) is 0 Å². The Labute approximate surface area is 107 Å². The van der Waals surface area contributed by atoms with Crippen molar-refractivity contribution in [1.29, 1.82) is 0 Å². The molecule has 0 bridgehead atoms. The SMILES string of the molecule is Cc1ccc(S(=O)(=O)NC(C)C(C)CO)c(F)c1. The predicted octanol–water partition coefficient (Wildman–Crippen LogP) is 1.43. The lowest BCUT2D eigenvalue weighted by Gasteiger charge is -2.19. The summed E-state index contributed by atoms with van der Waals surface area (Å²) in [6, 6.07) is 3.48. The summed E-state index contributed by atoms with van der Waals surface area (Å²) in [5, 5.41) is 8.95. The van der Waals surface area contributed by atoms with Crippen LogP contribution in [0.3, 0.4) is 0 Å². The van der Waals surface area contributed by atoms with E-state index in [0.717, 1.165) is 0 Å². The first kappa shape index (κ1) is 15.1. The van der Waals surface area contributed by atoms with Crippen molar-refractivity contribution in [2.45, 2.75) is 31.7 Å². The molecule has 2 atom stereocenters. The van der Waals surface area contributed by atoms with E-state index in [4.69, 9.17) is 5.11 Å². The van der Waals surface area contributed by atoms with Gasteiger partial charge < -0.3 is 5.11 Å². The van der Waals surface area contributed by atoms with Crippen molar-refractivity contribution in [2.24, 2.45) is 5.92 Å². The molecule has 0 radical (unpaired) electrons. The smallest absolute Gasteiger partial charge is 0.243 e. The quantitative estimate of drug-likeness (QED) is 0.854. The topological polar surface area (TPSA) is 66.4 Å². The van der Waals surface area contributed by atoms with Gasteiger partial charge in [0.1, 0.15) is 10.7 Å². The highest BCUT2D eigenvalue weighted by atomic mass is 32.2. The van der Waals surface area contributed by atoms with E-state index in [0.29, 0.717) is 5.56 Å². The number of aliphatic hydroxyl groups excluding tert-OH is 1. The first-order valence-corrected chi connectivity index (χ1v) is 7.15. The maximum atomic E-state index is 13.6. The standard InChI is InChI=1S/C12H18FNO3S/c1-8-4-5-12(11(13)6-8)18(16,17)14-10(3)9(2)7-15/h4-6,9-10,14-15H,7H2,1-3H3. The van der Waals surface area contributed by atoms with Crippen LogP contribution in [0.5, 0.6) is 0 Å². The Morgan fingerprint density at radius 1 is 1.39 bits per heavy atom. The molecule has 0 saturated heterocycles. The average molecular weight is 275 g/mol. The minimum atomic E-state index is -3.90. The molecule has 1 aromatic carbocycles. The van der Waals surface area contributed by atoms with E-state index in [2.05, 4.69) is 4.72 Å². The molecule has 1 rings (SSSR count). The average Bonchev–Trinajstić information content (AvgIpc) is 2.26. The number of benzene rings is 1. The van der Waals surface area contributed by atoms with Gasteiger partial charge in [-0.25, -0.2) is 17.5 Å². The maximum absolute atomic E-state index is 13.6.